The maximum Gasteiger partial charge on any atom is 0.343 e. The standard InChI is InChI=1S/C9H8ClFO2/c1-5-2-3-6(7(10)4-5)8(11)9(12)13/h2-4,8H,1H3,(H,12,13). The second-order valence-electron chi connectivity index (χ2n) is 2.73. The zero-order valence-electron chi connectivity index (χ0n) is 6.92. The minimum atomic E-state index is -2.05. The Morgan fingerprint density at radius 3 is 2.69 bits per heavy atom. The highest BCUT2D eigenvalue weighted by atomic mass is 35.5. The molecule has 0 saturated heterocycles. The van der Waals surface area contributed by atoms with Crippen LogP contribution in [0.15, 0.2) is 18.2 Å². The molecular weight excluding hydrogens is 195 g/mol. The van der Waals surface area contributed by atoms with Crippen molar-refractivity contribution in [2.75, 3.05) is 0 Å². The van der Waals surface area contributed by atoms with E-state index in [2.05, 4.69) is 0 Å². The first kappa shape index (κ1) is 9.99. The van der Waals surface area contributed by atoms with Gasteiger partial charge in [0, 0.05) is 10.6 Å². The van der Waals surface area contributed by atoms with Gasteiger partial charge in [-0.2, -0.15) is 0 Å². The second-order valence-corrected chi connectivity index (χ2v) is 3.13. The first-order valence-corrected chi connectivity index (χ1v) is 4.03. The molecule has 0 spiro atoms. The third-order valence-electron chi connectivity index (χ3n) is 1.65. The molecule has 0 aliphatic carbocycles. The molecule has 0 aliphatic rings. The number of carboxylic acids is 1. The molecule has 2 nitrogen and oxygen atoms in total. The van der Waals surface area contributed by atoms with E-state index < -0.39 is 12.1 Å². The van der Waals surface area contributed by atoms with E-state index in [1.54, 1.807) is 13.0 Å². The number of halogens is 2. The van der Waals surface area contributed by atoms with Crippen molar-refractivity contribution in [3.05, 3.63) is 34.3 Å². The number of aliphatic carboxylic acids is 1. The van der Waals surface area contributed by atoms with E-state index in [0.717, 1.165) is 5.56 Å². The van der Waals surface area contributed by atoms with Gasteiger partial charge in [-0.05, 0) is 18.6 Å². The van der Waals surface area contributed by atoms with Gasteiger partial charge in [-0.15, -0.1) is 0 Å². The summed E-state index contributed by atoms with van der Waals surface area (Å²) in [5.74, 6) is -1.52. The molecule has 13 heavy (non-hydrogen) atoms. The first-order valence-electron chi connectivity index (χ1n) is 3.65. The van der Waals surface area contributed by atoms with Crippen molar-refractivity contribution >= 4 is 17.6 Å². The predicted octanol–water partition coefficient (Wildman–Crippen LogP) is 2.74. The van der Waals surface area contributed by atoms with Gasteiger partial charge in [0.05, 0.1) is 0 Å². The topological polar surface area (TPSA) is 37.3 Å². The van der Waals surface area contributed by atoms with Crippen LogP contribution >= 0.6 is 11.6 Å². The molecule has 70 valence electrons. The van der Waals surface area contributed by atoms with Crippen LogP contribution in [0.3, 0.4) is 0 Å². The van der Waals surface area contributed by atoms with Crippen molar-refractivity contribution in [3.8, 4) is 0 Å². The van der Waals surface area contributed by atoms with E-state index in [1.807, 2.05) is 0 Å². The van der Waals surface area contributed by atoms with Crippen molar-refractivity contribution < 1.29 is 14.3 Å². The number of alkyl halides is 1. The Balaban J connectivity index is 3.08. The fourth-order valence-electron chi connectivity index (χ4n) is 0.971. The molecule has 0 saturated carbocycles. The molecule has 1 aromatic rings. The average molecular weight is 203 g/mol. The SMILES string of the molecule is Cc1ccc(C(F)C(=O)O)c(Cl)c1. The number of rotatable bonds is 2. The van der Waals surface area contributed by atoms with Gasteiger partial charge in [0.2, 0.25) is 6.17 Å². The van der Waals surface area contributed by atoms with Gasteiger partial charge in [-0.1, -0.05) is 23.7 Å². The Morgan fingerprint density at radius 1 is 1.62 bits per heavy atom. The summed E-state index contributed by atoms with van der Waals surface area (Å²) in [6.45, 7) is 1.80. The highest BCUT2D eigenvalue weighted by Gasteiger charge is 2.20. The Morgan fingerprint density at radius 2 is 2.23 bits per heavy atom. The number of aryl methyl sites for hydroxylation is 1. The molecule has 0 bridgehead atoms. The van der Waals surface area contributed by atoms with Crippen molar-refractivity contribution in [2.45, 2.75) is 13.1 Å². The quantitative estimate of drug-likeness (QED) is 0.801. The number of hydrogen-bond donors (Lipinski definition) is 1. The van der Waals surface area contributed by atoms with Crippen LogP contribution in [0.2, 0.25) is 5.02 Å². The minimum absolute atomic E-state index is 0.000216. The summed E-state index contributed by atoms with van der Waals surface area (Å²) in [4.78, 5) is 10.3. The Hall–Kier alpha value is -1.09. The third kappa shape index (κ3) is 2.18. The van der Waals surface area contributed by atoms with E-state index >= 15 is 0 Å². The molecule has 0 heterocycles. The molecule has 0 amide bonds. The van der Waals surface area contributed by atoms with Crippen molar-refractivity contribution in [1.82, 2.24) is 0 Å². The van der Waals surface area contributed by atoms with Gasteiger partial charge >= 0.3 is 5.97 Å². The fraction of sp³-hybridized carbons (Fsp3) is 0.222. The van der Waals surface area contributed by atoms with Crippen LogP contribution in [0.1, 0.15) is 17.3 Å². The zero-order valence-corrected chi connectivity index (χ0v) is 7.68. The summed E-state index contributed by atoms with van der Waals surface area (Å²) in [7, 11) is 0. The highest BCUT2D eigenvalue weighted by molar-refractivity contribution is 6.31. The second kappa shape index (κ2) is 3.75. The van der Waals surface area contributed by atoms with Crippen LogP contribution in [0.4, 0.5) is 4.39 Å². The van der Waals surface area contributed by atoms with Crippen molar-refractivity contribution in [3.63, 3.8) is 0 Å². The van der Waals surface area contributed by atoms with Crippen LogP contribution < -0.4 is 0 Å². The van der Waals surface area contributed by atoms with E-state index in [0.29, 0.717) is 0 Å². The summed E-state index contributed by atoms with van der Waals surface area (Å²) < 4.78 is 13.0. The normalized spacial score (nSPS) is 12.5. The molecule has 1 unspecified atom stereocenters. The molecule has 1 rings (SSSR count). The van der Waals surface area contributed by atoms with E-state index in [1.165, 1.54) is 12.1 Å². The van der Waals surface area contributed by atoms with Gasteiger partial charge in [-0.25, -0.2) is 9.18 Å². The fourth-order valence-corrected chi connectivity index (χ4v) is 1.30. The summed E-state index contributed by atoms with van der Waals surface area (Å²) >= 11 is 5.67. The molecule has 0 aliphatic heterocycles. The zero-order chi connectivity index (χ0) is 10.0. The third-order valence-corrected chi connectivity index (χ3v) is 1.97. The Labute approximate surface area is 80.0 Å². The minimum Gasteiger partial charge on any atom is -0.479 e. The van der Waals surface area contributed by atoms with Gasteiger partial charge in [0.25, 0.3) is 0 Å². The van der Waals surface area contributed by atoms with Crippen LogP contribution in [-0.4, -0.2) is 11.1 Å². The molecule has 0 fully saturated rings. The van der Waals surface area contributed by atoms with Gasteiger partial charge in [0.15, 0.2) is 0 Å². The van der Waals surface area contributed by atoms with E-state index in [-0.39, 0.29) is 10.6 Å². The average Bonchev–Trinajstić information content (AvgIpc) is 2.03. The Kier molecular flexibility index (Phi) is 2.88. The smallest absolute Gasteiger partial charge is 0.343 e. The van der Waals surface area contributed by atoms with Gasteiger partial charge in [0.1, 0.15) is 0 Å². The van der Waals surface area contributed by atoms with Gasteiger partial charge in [-0.3, -0.25) is 0 Å². The van der Waals surface area contributed by atoms with Crippen LogP contribution in [-0.2, 0) is 4.79 Å². The predicted molar refractivity (Wildman–Crippen MR) is 47.7 cm³/mol. The summed E-state index contributed by atoms with van der Waals surface area (Å²) in [5.41, 5.74) is 0.867. The van der Waals surface area contributed by atoms with E-state index in [4.69, 9.17) is 16.7 Å². The number of carboxylic acid groups (broad SMARTS) is 1. The van der Waals surface area contributed by atoms with Crippen molar-refractivity contribution in [2.24, 2.45) is 0 Å². The number of benzene rings is 1. The monoisotopic (exact) mass is 202 g/mol. The summed E-state index contributed by atoms with van der Waals surface area (Å²) in [6, 6.07) is 4.54. The lowest BCUT2D eigenvalue weighted by Crippen LogP contribution is -2.06. The molecular formula is C9H8ClFO2. The van der Waals surface area contributed by atoms with Crippen LogP contribution in [0.25, 0.3) is 0 Å². The molecule has 4 heteroatoms. The summed E-state index contributed by atoms with van der Waals surface area (Å²) in [5, 5.41) is 8.54. The highest BCUT2D eigenvalue weighted by Crippen LogP contribution is 2.26. The summed E-state index contributed by atoms with van der Waals surface area (Å²) in [6.07, 6.45) is -2.05. The molecule has 1 atom stereocenters. The first-order chi connectivity index (χ1) is 6.02. The lowest BCUT2D eigenvalue weighted by Gasteiger charge is -2.06. The van der Waals surface area contributed by atoms with Crippen LogP contribution in [0, 0.1) is 6.92 Å². The Bertz CT molecular complexity index is 338. The molecule has 0 aromatic heterocycles. The lowest BCUT2D eigenvalue weighted by atomic mass is 10.1. The molecule has 1 N–H and O–H groups in total. The maximum absolute atomic E-state index is 13.0. The number of hydrogen-bond acceptors (Lipinski definition) is 1. The maximum atomic E-state index is 13.0. The largest absolute Gasteiger partial charge is 0.479 e. The van der Waals surface area contributed by atoms with E-state index in [9.17, 15) is 9.18 Å². The van der Waals surface area contributed by atoms with Crippen molar-refractivity contribution in [1.29, 1.82) is 0 Å². The molecule has 0 radical (unpaired) electrons. The lowest BCUT2D eigenvalue weighted by molar-refractivity contribution is -0.143. The van der Waals surface area contributed by atoms with Crippen LogP contribution in [0.5, 0.6) is 0 Å². The number of carbonyl (C=O) groups is 1. The van der Waals surface area contributed by atoms with Gasteiger partial charge < -0.3 is 5.11 Å². The molecule has 1 aromatic carbocycles.